The molecule has 0 bridgehead atoms. The number of hydrogen-bond donors (Lipinski definition) is 1. The Morgan fingerprint density at radius 2 is 2.12 bits per heavy atom. The van der Waals surface area contributed by atoms with Gasteiger partial charge >= 0.3 is 0 Å². The minimum atomic E-state index is 0.456. The first-order chi connectivity index (χ1) is 7.75. The third-order valence-electron chi connectivity index (χ3n) is 3.27. The van der Waals surface area contributed by atoms with Crippen LogP contribution in [0.3, 0.4) is 0 Å². The maximum absolute atomic E-state index is 6.06. The zero-order valence-electron chi connectivity index (χ0n) is 8.86. The Kier molecular flexibility index (Phi) is 2.24. The third-order valence-corrected chi connectivity index (χ3v) is 3.54. The molecule has 1 saturated carbocycles. The van der Waals surface area contributed by atoms with Crippen molar-refractivity contribution in [3.8, 4) is 0 Å². The first-order valence-electron chi connectivity index (χ1n) is 5.55. The van der Waals surface area contributed by atoms with E-state index in [2.05, 4.69) is 10.1 Å². The standard InChI is InChI=1S/C11H13ClN4/c12-9-5-10(13)15-11-8(6-14-16(9)11)7-3-1-2-4-7/h5-7H,1-4H2,(H2,13,15). The van der Waals surface area contributed by atoms with Crippen LogP contribution in [0.5, 0.6) is 0 Å². The van der Waals surface area contributed by atoms with Gasteiger partial charge in [0.2, 0.25) is 0 Å². The lowest BCUT2D eigenvalue weighted by molar-refractivity contribution is 0.727. The number of halogens is 1. The van der Waals surface area contributed by atoms with E-state index in [9.17, 15) is 0 Å². The van der Waals surface area contributed by atoms with Gasteiger partial charge in [0.25, 0.3) is 0 Å². The molecule has 0 aliphatic heterocycles. The van der Waals surface area contributed by atoms with Gasteiger partial charge in [0.1, 0.15) is 11.0 Å². The van der Waals surface area contributed by atoms with Crippen LogP contribution in [0.1, 0.15) is 37.2 Å². The molecule has 1 aliphatic carbocycles. The molecule has 2 aromatic rings. The lowest BCUT2D eigenvalue weighted by Gasteiger charge is -2.06. The SMILES string of the molecule is Nc1cc(Cl)n2ncc(C3CCCC3)c2n1. The summed E-state index contributed by atoms with van der Waals surface area (Å²) in [5.74, 6) is 1.03. The highest BCUT2D eigenvalue weighted by atomic mass is 35.5. The molecule has 5 heteroatoms. The van der Waals surface area contributed by atoms with Gasteiger partial charge in [-0.25, -0.2) is 9.50 Å². The number of nitrogens with zero attached hydrogens (tertiary/aromatic N) is 3. The number of anilines is 1. The van der Waals surface area contributed by atoms with E-state index in [1.54, 1.807) is 10.6 Å². The molecular formula is C11H13ClN4. The molecule has 84 valence electrons. The second kappa shape index (κ2) is 3.63. The van der Waals surface area contributed by atoms with Crippen molar-refractivity contribution in [2.75, 3.05) is 5.73 Å². The summed E-state index contributed by atoms with van der Waals surface area (Å²) < 4.78 is 1.66. The molecule has 0 aromatic carbocycles. The van der Waals surface area contributed by atoms with Gasteiger partial charge in [-0.2, -0.15) is 5.10 Å². The molecule has 4 nitrogen and oxygen atoms in total. The average Bonchev–Trinajstić information content (AvgIpc) is 2.83. The smallest absolute Gasteiger partial charge is 0.162 e. The second-order valence-electron chi connectivity index (χ2n) is 4.32. The molecular weight excluding hydrogens is 224 g/mol. The number of aromatic nitrogens is 3. The highest BCUT2D eigenvalue weighted by Gasteiger charge is 2.22. The molecule has 0 saturated heterocycles. The maximum atomic E-state index is 6.06. The molecule has 1 aliphatic rings. The predicted molar refractivity (Wildman–Crippen MR) is 63.6 cm³/mol. The Balaban J connectivity index is 2.18. The van der Waals surface area contributed by atoms with Crippen LogP contribution in [0.2, 0.25) is 5.15 Å². The van der Waals surface area contributed by atoms with E-state index in [-0.39, 0.29) is 0 Å². The van der Waals surface area contributed by atoms with E-state index in [0.29, 0.717) is 16.9 Å². The number of fused-ring (bicyclic) bond motifs is 1. The Hall–Kier alpha value is -1.29. The maximum Gasteiger partial charge on any atom is 0.162 e. The Labute approximate surface area is 98.4 Å². The minimum absolute atomic E-state index is 0.456. The molecule has 0 atom stereocenters. The van der Waals surface area contributed by atoms with E-state index in [1.807, 2.05) is 6.20 Å². The lowest BCUT2D eigenvalue weighted by Crippen LogP contribution is -1.99. The van der Waals surface area contributed by atoms with Gasteiger partial charge in [0.05, 0.1) is 6.20 Å². The second-order valence-corrected chi connectivity index (χ2v) is 4.71. The summed E-state index contributed by atoms with van der Waals surface area (Å²) in [5, 5.41) is 4.79. The predicted octanol–water partition coefficient (Wildman–Crippen LogP) is 2.62. The summed E-state index contributed by atoms with van der Waals surface area (Å²) in [4.78, 5) is 4.33. The molecule has 2 aromatic heterocycles. The lowest BCUT2D eigenvalue weighted by atomic mass is 10.0. The van der Waals surface area contributed by atoms with Crippen LogP contribution in [0.15, 0.2) is 12.3 Å². The zero-order chi connectivity index (χ0) is 11.1. The monoisotopic (exact) mass is 236 g/mol. The highest BCUT2D eigenvalue weighted by molar-refractivity contribution is 6.29. The van der Waals surface area contributed by atoms with E-state index in [4.69, 9.17) is 17.3 Å². The van der Waals surface area contributed by atoms with E-state index >= 15 is 0 Å². The van der Waals surface area contributed by atoms with Crippen LogP contribution in [-0.2, 0) is 0 Å². The Bertz CT molecular complexity index is 528. The van der Waals surface area contributed by atoms with Crippen molar-refractivity contribution in [2.45, 2.75) is 31.6 Å². The van der Waals surface area contributed by atoms with Crippen molar-refractivity contribution in [3.63, 3.8) is 0 Å². The van der Waals surface area contributed by atoms with Crippen molar-refractivity contribution in [1.29, 1.82) is 0 Å². The van der Waals surface area contributed by atoms with Crippen LogP contribution >= 0.6 is 11.6 Å². The highest BCUT2D eigenvalue weighted by Crippen LogP contribution is 2.36. The fourth-order valence-corrected chi connectivity index (χ4v) is 2.72. The van der Waals surface area contributed by atoms with Gasteiger partial charge in [-0.1, -0.05) is 24.4 Å². The third kappa shape index (κ3) is 1.45. The van der Waals surface area contributed by atoms with Gasteiger partial charge in [-0.05, 0) is 18.8 Å². The number of nitrogen functional groups attached to an aromatic ring is 1. The number of nitrogens with two attached hydrogens (primary N) is 1. The molecule has 16 heavy (non-hydrogen) atoms. The summed E-state index contributed by atoms with van der Waals surface area (Å²) in [5.41, 5.74) is 7.72. The van der Waals surface area contributed by atoms with Gasteiger partial charge in [0.15, 0.2) is 5.65 Å². The fourth-order valence-electron chi connectivity index (χ4n) is 2.49. The first kappa shape index (κ1) is 9.90. The summed E-state index contributed by atoms with van der Waals surface area (Å²) in [6.45, 7) is 0. The first-order valence-corrected chi connectivity index (χ1v) is 5.93. The molecule has 2 heterocycles. The Morgan fingerprint density at radius 3 is 2.88 bits per heavy atom. The van der Waals surface area contributed by atoms with E-state index in [0.717, 1.165) is 5.65 Å². The van der Waals surface area contributed by atoms with Crippen LogP contribution in [-0.4, -0.2) is 14.6 Å². The van der Waals surface area contributed by atoms with Crippen molar-refractivity contribution in [2.24, 2.45) is 0 Å². The topological polar surface area (TPSA) is 56.2 Å². The largest absolute Gasteiger partial charge is 0.384 e. The molecule has 1 fully saturated rings. The van der Waals surface area contributed by atoms with E-state index in [1.165, 1.54) is 31.2 Å². The fraction of sp³-hybridized carbons (Fsp3) is 0.455. The van der Waals surface area contributed by atoms with Crippen LogP contribution in [0, 0.1) is 0 Å². The van der Waals surface area contributed by atoms with Crippen molar-refractivity contribution in [3.05, 3.63) is 23.0 Å². The number of rotatable bonds is 1. The average molecular weight is 237 g/mol. The quantitative estimate of drug-likeness (QED) is 0.775. The van der Waals surface area contributed by atoms with Crippen molar-refractivity contribution >= 4 is 23.1 Å². The van der Waals surface area contributed by atoms with Crippen LogP contribution < -0.4 is 5.73 Å². The molecule has 0 spiro atoms. The van der Waals surface area contributed by atoms with E-state index < -0.39 is 0 Å². The Morgan fingerprint density at radius 1 is 1.38 bits per heavy atom. The van der Waals surface area contributed by atoms with Gasteiger partial charge < -0.3 is 5.73 Å². The molecule has 3 rings (SSSR count). The zero-order valence-corrected chi connectivity index (χ0v) is 9.61. The molecule has 0 unspecified atom stereocenters. The van der Waals surface area contributed by atoms with Crippen molar-refractivity contribution < 1.29 is 0 Å². The van der Waals surface area contributed by atoms with Crippen LogP contribution in [0.25, 0.3) is 5.65 Å². The molecule has 0 amide bonds. The van der Waals surface area contributed by atoms with Gasteiger partial charge in [-0.15, -0.1) is 0 Å². The minimum Gasteiger partial charge on any atom is -0.384 e. The van der Waals surface area contributed by atoms with Crippen molar-refractivity contribution in [1.82, 2.24) is 14.6 Å². The normalized spacial score (nSPS) is 17.3. The molecule has 2 N–H and O–H groups in total. The molecule has 0 radical (unpaired) electrons. The summed E-state index contributed by atoms with van der Waals surface area (Å²) in [6.07, 6.45) is 6.89. The summed E-state index contributed by atoms with van der Waals surface area (Å²) in [6, 6.07) is 1.62. The number of hydrogen-bond acceptors (Lipinski definition) is 3. The summed E-state index contributed by atoms with van der Waals surface area (Å²) in [7, 11) is 0. The van der Waals surface area contributed by atoms with Gasteiger partial charge in [0, 0.05) is 11.6 Å². The van der Waals surface area contributed by atoms with Gasteiger partial charge in [-0.3, -0.25) is 0 Å². The van der Waals surface area contributed by atoms with Crippen LogP contribution in [0.4, 0.5) is 5.82 Å². The summed E-state index contributed by atoms with van der Waals surface area (Å²) >= 11 is 6.06.